The molecule has 1 unspecified atom stereocenters. The van der Waals surface area contributed by atoms with Gasteiger partial charge in [-0.15, -0.1) is 0 Å². The molecule has 1 atom stereocenters. The Morgan fingerprint density at radius 2 is 1.86 bits per heavy atom. The van der Waals surface area contributed by atoms with E-state index in [-0.39, 0.29) is 10.6 Å². The third kappa shape index (κ3) is 3.47. The van der Waals surface area contributed by atoms with Crippen molar-refractivity contribution in [1.82, 2.24) is 10.4 Å². The van der Waals surface area contributed by atoms with Gasteiger partial charge in [-0.2, -0.15) is 13.2 Å². The molecule has 3 nitrogen and oxygen atoms in total. The lowest BCUT2D eigenvalue weighted by atomic mass is 9.96. The Labute approximate surface area is 128 Å². The molecule has 21 heavy (non-hydrogen) atoms. The molecule has 3 N–H and O–H groups in total. The van der Waals surface area contributed by atoms with E-state index in [2.05, 4.69) is 10.4 Å². The summed E-state index contributed by atoms with van der Waals surface area (Å²) in [4.78, 5) is 3.74. The molecule has 1 aromatic heterocycles. The van der Waals surface area contributed by atoms with E-state index in [1.165, 1.54) is 12.1 Å². The number of nitrogens with zero attached hydrogens (tertiary/aromatic N) is 1. The van der Waals surface area contributed by atoms with Crippen molar-refractivity contribution in [2.75, 3.05) is 0 Å². The smallest absolute Gasteiger partial charge is 0.271 e. The number of aromatic nitrogens is 1. The highest BCUT2D eigenvalue weighted by Gasteiger charge is 2.35. The molecule has 0 aliphatic carbocycles. The minimum Gasteiger partial charge on any atom is -0.271 e. The second-order valence-electron chi connectivity index (χ2n) is 4.23. The topological polar surface area (TPSA) is 50.9 Å². The molecular formula is C13H10Cl2F3N3. The van der Waals surface area contributed by atoms with E-state index < -0.39 is 17.8 Å². The van der Waals surface area contributed by atoms with E-state index in [0.29, 0.717) is 10.6 Å². The minimum atomic E-state index is -4.51. The van der Waals surface area contributed by atoms with Crippen LogP contribution >= 0.6 is 23.2 Å². The van der Waals surface area contributed by atoms with Crippen LogP contribution in [0, 0.1) is 0 Å². The summed E-state index contributed by atoms with van der Waals surface area (Å²) >= 11 is 11.7. The SMILES string of the molecule is NNC(c1ccc(Cl)c(Cl)c1)c1cnccc1C(F)(F)F. The van der Waals surface area contributed by atoms with Gasteiger partial charge in [0.2, 0.25) is 0 Å². The number of benzene rings is 1. The molecule has 112 valence electrons. The van der Waals surface area contributed by atoms with Crippen LogP contribution in [0.15, 0.2) is 36.7 Å². The molecule has 1 heterocycles. The Morgan fingerprint density at radius 3 is 2.43 bits per heavy atom. The van der Waals surface area contributed by atoms with Crippen LogP contribution in [-0.2, 0) is 6.18 Å². The summed E-state index contributed by atoms with van der Waals surface area (Å²) in [6.45, 7) is 0. The van der Waals surface area contributed by atoms with Gasteiger partial charge in [0.25, 0.3) is 0 Å². The van der Waals surface area contributed by atoms with Gasteiger partial charge in [0.05, 0.1) is 21.7 Å². The maximum Gasteiger partial charge on any atom is 0.416 e. The summed E-state index contributed by atoms with van der Waals surface area (Å²) in [6, 6.07) is 4.49. The average Bonchev–Trinajstić information content (AvgIpc) is 2.43. The van der Waals surface area contributed by atoms with Crippen molar-refractivity contribution in [2.45, 2.75) is 12.2 Å². The molecule has 2 aromatic rings. The second kappa shape index (κ2) is 6.19. The molecule has 0 amide bonds. The third-order valence-corrected chi connectivity index (χ3v) is 3.65. The molecule has 0 aliphatic rings. The van der Waals surface area contributed by atoms with Gasteiger partial charge in [-0.3, -0.25) is 10.8 Å². The van der Waals surface area contributed by atoms with Crippen LogP contribution in [0.4, 0.5) is 13.2 Å². The zero-order valence-electron chi connectivity index (χ0n) is 10.5. The number of hydrazine groups is 1. The van der Waals surface area contributed by atoms with E-state index in [1.54, 1.807) is 6.07 Å². The molecule has 1 aromatic carbocycles. The predicted molar refractivity (Wildman–Crippen MR) is 74.9 cm³/mol. The van der Waals surface area contributed by atoms with Crippen molar-refractivity contribution in [2.24, 2.45) is 5.84 Å². The number of nitrogens with one attached hydrogen (secondary N) is 1. The molecule has 0 bridgehead atoms. The molecule has 0 radical (unpaired) electrons. The predicted octanol–water partition coefficient (Wildman–Crippen LogP) is 3.96. The first-order chi connectivity index (χ1) is 9.84. The monoisotopic (exact) mass is 335 g/mol. The van der Waals surface area contributed by atoms with Crippen LogP contribution in [0.3, 0.4) is 0 Å². The average molecular weight is 336 g/mol. The number of rotatable bonds is 3. The molecule has 0 aliphatic heterocycles. The van der Waals surface area contributed by atoms with Crippen LogP contribution in [-0.4, -0.2) is 4.98 Å². The van der Waals surface area contributed by atoms with Crippen LogP contribution in [0.25, 0.3) is 0 Å². The lowest BCUT2D eigenvalue weighted by Crippen LogP contribution is -2.30. The number of hydrogen-bond donors (Lipinski definition) is 2. The first-order valence-electron chi connectivity index (χ1n) is 5.76. The van der Waals surface area contributed by atoms with Crippen molar-refractivity contribution >= 4 is 23.2 Å². The second-order valence-corrected chi connectivity index (χ2v) is 5.05. The lowest BCUT2D eigenvalue weighted by Gasteiger charge is -2.21. The molecule has 2 rings (SSSR count). The van der Waals surface area contributed by atoms with Crippen LogP contribution in [0.2, 0.25) is 10.0 Å². The van der Waals surface area contributed by atoms with Gasteiger partial charge in [0, 0.05) is 18.0 Å². The van der Waals surface area contributed by atoms with Crippen LogP contribution < -0.4 is 11.3 Å². The zero-order valence-corrected chi connectivity index (χ0v) is 12.0. The molecule has 0 fully saturated rings. The van der Waals surface area contributed by atoms with E-state index in [0.717, 1.165) is 18.5 Å². The highest BCUT2D eigenvalue weighted by Crippen LogP contribution is 2.36. The summed E-state index contributed by atoms with van der Waals surface area (Å²) < 4.78 is 39.2. The number of pyridine rings is 1. The van der Waals surface area contributed by atoms with E-state index in [1.807, 2.05) is 0 Å². The van der Waals surface area contributed by atoms with Crippen molar-refractivity contribution in [3.05, 3.63) is 63.4 Å². The fraction of sp³-hybridized carbons (Fsp3) is 0.154. The van der Waals surface area contributed by atoms with Gasteiger partial charge in [-0.05, 0) is 23.8 Å². The van der Waals surface area contributed by atoms with Crippen LogP contribution in [0.1, 0.15) is 22.7 Å². The largest absolute Gasteiger partial charge is 0.416 e. The Balaban J connectivity index is 2.54. The van der Waals surface area contributed by atoms with Crippen molar-refractivity contribution in [3.63, 3.8) is 0 Å². The van der Waals surface area contributed by atoms with E-state index >= 15 is 0 Å². The van der Waals surface area contributed by atoms with Crippen molar-refractivity contribution in [3.8, 4) is 0 Å². The van der Waals surface area contributed by atoms with E-state index in [4.69, 9.17) is 29.0 Å². The summed E-state index contributed by atoms with van der Waals surface area (Å²) in [5.74, 6) is 5.42. The fourth-order valence-electron chi connectivity index (χ4n) is 1.95. The molecule has 0 saturated heterocycles. The molecule has 8 heteroatoms. The van der Waals surface area contributed by atoms with Crippen molar-refractivity contribution < 1.29 is 13.2 Å². The van der Waals surface area contributed by atoms with Crippen LogP contribution in [0.5, 0.6) is 0 Å². The Kier molecular flexibility index (Phi) is 4.73. The lowest BCUT2D eigenvalue weighted by molar-refractivity contribution is -0.138. The highest BCUT2D eigenvalue weighted by molar-refractivity contribution is 6.42. The first kappa shape index (κ1) is 16.0. The first-order valence-corrected chi connectivity index (χ1v) is 6.52. The third-order valence-electron chi connectivity index (χ3n) is 2.91. The fourth-order valence-corrected chi connectivity index (χ4v) is 2.26. The molecule has 0 spiro atoms. The molecule has 0 saturated carbocycles. The van der Waals surface area contributed by atoms with Gasteiger partial charge in [0.15, 0.2) is 0 Å². The summed E-state index contributed by atoms with van der Waals surface area (Å²) in [7, 11) is 0. The van der Waals surface area contributed by atoms with Crippen molar-refractivity contribution in [1.29, 1.82) is 0 Å². The number of nitrogens with two attached hydrogens (primary N) is 1. The van der Waals surface area contributed by atoms with Gasteiger partial charge < -0.3 is 0 Å². The Hall–Kier alpha value is -1.34. The quantitative estimate of drug-likeness (QED) is 0.659. The highest BCUT2D eigenvalue weighted by atomic mass is 35.5. The van der Waals surface area contributed by atoms with Gasteiger partial charge in [-0.25, -0.2) is 5.43 Å². The number of halogens is 5. The maximum atomic E-state index is 13.1. The normalized spacial score (nSPS) is 13.2. The van der Waals surface area contributed by atoms with E-state index in [9.17, 15) is 13.2 Å². The van der Waals surface area contributed by atoms with Gasteiger partial charge in [-0.1, -0.05) is 29.3 Å². The Morgan fingerprint density at radius 1 is 1.14 bits per heavy atom. The minimum absolute atomic E-state index is 0.0918. The van der Waals surface area contributed by atoms with Gasteiger partial charge >= 0.3 is 6.18 Å². The Bertz CT molecular complexity index is 647. The standard InChI is InChI=1S/C13H10Cl2F3N3/c14-10-2-1-7(5-11(10)15)12(21-19)8-6-20-4-3-9(8)13(16,17)18/h1-6,12,21H,19H2. The number of alkyl halides is 3. The maximum absolute atomic E-state index is 13.1. The van der Waals surface area contributed by atoms with Gasteiger partial charge in [0.1, 0.15) is 0 Å². The number of hydrogen-bond acceptors (Lipinski definition) is 3. The molecular weight excluding hydrogens is 326 g/mol. The summed E-state index contributed by atoms with van der Waals surface area (Å²) in [5.41, 5.74) is 1.90. The summed E-state index contributed by atoms with van der Waals surface area (Å²) in [5, 5.41) is 0.533. The zero-order chi connectivity index (χ0) is 15.6. The summed E-state index contributed by atoms with van der Waals surface area (Å²) in [6.07, 6.45) is -2.31.